The van der Waals surface area contributed by atoms with Crippen LogP contribution >= 0.6 is 0 Å². The molecule has 2 N–H and O–H groups in total. The lowest BCUT2D eigenvalue weighted by Gasteiger charge is -2.31. The Bertz CT molecular complexity index is 268. The van der Waals surface area contributed by atoms with Crippen LogP contribution < -0.4 is 10.6 Å². The molecule has 0 aliphatic heterocycles. The predicted molar refractivity (Wildman–Crippen MR) is 76.5 cm³/mol. The van der Waals surface area contributed by atoms with Crippen molar-refractivity contribution in [3.63, 3.8) is 0 Å². The van der Waals surface area contributed by atoms with Gasteiger partial charge in [-0.1, -0.05) is 40.5 Å². The second kappa shape index (κ2) is 6.55. The fourth-order valence-corrected chi connectivity index (χ4v) is 2.11. The average Bonchev–Trinajstić information content (AvgIpc) is 2.78. The molecule has 3 nitrogen and oxygen atoms in total. The Hall–Kier alpha value is -0.570. The van der Waals surface area contributed by atoms with Gasteiger partial charge in [0.05, 0.1) is 6.04 Å². The van der Waals surface area contributed by atoms with E-state index < -0.39 is 0 Å². The number of amides is 1. The van der Waals surface area contributed by atoms with E-state index in [2.05, 4.69) is 38.3 Å². The molecule has 1 unspecified atom stereocenters. The summed E-state index contributed by atoms with van der Waals surface area (Å²) in [5.74, 6) is 0.761. The van der Waals surface area contributed by atoms with Crippen molar-refractivity contribution in [3.05, 3.63) is 0 Å². The summed E-state index contributed by atoms with van der Waals surface area (Å²) in [5, 5.41) is 6.51. The lowest BCUT2D eigenvalue weighted by Crippen LogP contribution is -2.48. The van der Waals surface area contributed by atoms with E-state index in [9.17, 15) is 4.79 Å². The normalized spacial score (nSPS) is 19.2. The molecule has 1 aliphatic rings. The summed E-state index contributed by atoms with van der Waals surface area (Å²) in [6.45, 7) is 11.8. The van der Waals surface area contributed by atoms with Crippen LogP contribution in [-0.2, 0) is 4.79 Å². The van der Waals surface area contributed by atoms with Gasteiger partial charge in [-0.05, 0) is 31.1 Å². The summed E-state index contributed by atoms with van der Waals surface area (Å²) < 4.78 is 0. The van der Waals surface area contributed by atoms with Crippen molar-refractivity contribution >= 4 is 5.91 Å². The summed E-state index contributed by atoms with van der Waals surface area (Å²) >= 11 is 0. The van der Waals surface area contributed by atoms with Crippen molar-refractivity contribution < 1.29 is 4.79 Å². The van der Waals surface area contributed by atoms with Gasteiger partial charge in [-0.2, -0.15) is 0 Å². The minimum Gasteiger partial charge on any atom is -0.352 e. The van der Waals surface area contributed by atoms with Gasteiger partial charge in [0.2, 0.25) is 5.91 Å². The van der Waals surface area contributed by atoms with Crippen molar-refractivity contribution in [1.29, 1.82) is 0 Å². The van der Waals surface area contributed by atoms with Crippen LogP contribution in [-0.4, -0.2) is 24.5 Å². The van der Waals surface area contributed by atoms with Crippen molar-refractivity contribution in [2.45, 2.75) is 72.4 Å². The number of carbonyl (C=O) groups is 1. The number of nitrogens with one attached hydrogen (secondary N) is 2. The van der Waals surface area contributed by atoms with Crippen LogP contribution in [0.4, 0.5) is 0 Å². The molecule has 1 aliphatic carbocycles. The van der Waals surface area contributed by atoms with Gasteiger partial charge < -0.3 is 10.6 Å². The second-order valence-corrected chi connectivity index (χ2v) is 6.74. The quantitative estimate of drug-likeness (QED) is 0.765. The molecule has 1 saturated carbocycles. The highest BCUT2D eigenvalue weighted by Gasteiger charge is 2.25. The Kier molecular flexibility index (Phi) is 5.64. The van der Waals surface area contributed by atoms with Gasteiger partial charge in [0.15, 0.2) is 0 Å². The second-order valence-electron chi connectivity index (χ2n) is 6.74. The standard InChI is InChI=1S/C15H30N2O/c1-11(2)15(4,5)10-16-12(3)14(18)17-13-8-6-7-9-13/h11-13,16H,6-10H2,1-5H3,(H,17,18). The third-order valence-electron chi connectivity index (χ3n) is 4.52. The highest BCUT2D eigenvalue weighted by atomic mass is 16.2. The number of rotatable bonds is 6. The Morgan fingerprint density at radius 2 is 1.78 bits per heavy atom. The maximum atomic E-state index is 12.0. The molecular weight excluding hydrogens is 224 g/mol. The van der Waals surface area contributed by atoms with Gasteiger partial charge in [0.1, 0.15) is 0 Å². The lowest BCUT2D eigenvalue weighted by molar-refractivity contribution is -0.123. The molecule has 1 rings (SSSR count). The first-order chi connectivity index (χ1) is 8.33. The van der Waals surface area contributed by atoms with Crippen molar-refractivity contribution in [2.75, 3.05) is 6.54 Å². The zero-order valence-electron chi connectivity index (χ0n) is 12.7. The fourth-order valence-electron chi connectivity index (χ4n) is 2.11. The SMILES string of the molecule is CC(NCC(C)(C)C(C)C)C(=O)NC1CCCC1. The Morgan fingerprint density at radius 1 is 1.22 bits per heavy atom. The van der Waals surface area contributed by atoms with E-state index in [1.54, 1.807) is 0 Å². The average molecular weight is 254 g/mol. The predicted octanol–water partition coefficient (Wildman–Crippen LogP) is 2.71. The molecule has 0 spiro atoms. The molecule has 0 heterocycles. The highest BCUT2D eigenvalue weighted by Crippen LogP contribution is 2.24. The van der Waals surface area contributed by atoms with Gasteiger partial charge in [-0.3, -0.25) is 4.79 Å². The third kappa shape index (κ3) is 4.60. The lowest BCUT2D eigenvalue weighted by atomic mass is 9.81. The van der Waals surface area contributed by atoms with Crippen LogP contribution in [0.3, 0.4) is 0 Å². The molecule has 0 radical (unpaired) electrons. The number of hydrogen-bond donors (Lipinski definition) is 2. The summed E-state index contributed by atoms with van der Waals surface area (Å²) in [4.78, 5) is 12.0. The van der Waals surface area contributed by atoms with E-state index in [1.165, 1.54) is 12.8 Å². The Morgan fingerprint density at radius 3 is 2.28 bits per heavy atom. The first-order valence-corrected chi connectivity index (χ1v) is 7.36. The molecule has 18 heavy (non-hydrogen) atoms. The highest BCUT2D eigenvalue weighted by molar-refractivity contribution is 5.81. The molecule has 1 atom stereocenters. The molecule has 0 aromatic rings. The van der Waals surface area contributed by atoms with Gasteiger partial charge in [0, 0.05) is 12.6 Å². The molecule has 1 fully saturated rings. The maximum Gasteiger partial charge on any atom is 0.237 e. The molecule has 0 aromatic carbocycles. The van der Waals surface area contributed by atoms with E-state index in [1.807, 2.05) is 6.92 Å². The van der Waals surface area contributed by atoms with Crippen molar-refractivity contribution in [2.24, 2.45) is 11.3 Å². The summed E-state index contributed by atoms with van der Waals surface area (Å²) in [6.07, 6.45) is 4.81. The van der Waals surface area contributed by atoms with E-state index >= 15 is 0 Å². The van der Waals surface area contributed by atoms with Crippen LogP contribution in [0.1, 0.15) is 60.3 Å². The fraction of sp³-hybridized carbons (Fsp3) is 0.933. The first-order valence-electron chi connectivity index (χ1n) is 7.36. The topological polar surface area (TPSA) is 41.1 Å². The van der Waals surface area contributed by atoms with E-state index in [0.717, 1.165) is 19.4 Å². The minimum atomic E-state index is -0.0939. The van der Waals surface area contributed by atoms with Crippen LogP contribution in [0.25, 0.3) is 0 Å². The van der Waals surface area contributed by atoms with Crippen LogP contribution in [0.2, 0.25) is 0 Å². The summed E-state index contributed by atoms with van der Waals surface area (Å²) in [7, 11) is 0. The maximum absolute atomic E-state index is 12.0. The first kappa shape index (κ1) is 15.5. The summed E-state index contributed by atoms with van der Waals surface area (Å²) in [6, 6.07) is 0.323. The van der Waals surface area contributed by atoms with Crippen LogP contribution in [0, 0.1) is 11.3 Å². The number of carbonyl (C=O) groups excluding carboxylic acids is 1. The largest absolute Gasteiger partial charge is 0.352 e. The monoisotopic (exact) mass is 254 g/mol. The van der Waals surface area contributed by atoms with Gasteiger partial charge in [-0.25, -0.2) is 0 Å². The number of hydrogen-bond acceptors (Lipinski definition) is 2. The van der Waals surface area contributed by atoms with Crippen molar-refractivity contribution in [1.82, 2.24) is 10.6 Å². The van der Waals surface area contributed by atoms with Gasteiger partial charge in [0.25, 0.3) is 0 Å². The molecule has 106 valence electrons. The molecule has 0 saturated heterocycles. The minimum absolute atomic E-state index is 0.0939. The molecular formula is C15H30N2O. The third-order valence-corrected chi connectivity index (χ3v) is 4.52. The molecule has 3 heteroatoms. The molecule has 0 bridgehead atoms. The van der Waals surface area contributed by atoms with Crippen molar-refractivity contribution in [3.8, 4) is 0 Å². The zero-order chi connectivity index (χ0) is 13.8. The zero-order valence-corrected chi connectivity index (χ0v) is 12.7. The molecule has 1 amide bonds. The Balaban J connectivity index is 2.31. The smallest absolute Gasteiger partial charge is 0.237 e. The van der Waals surface area contributed by atoms with Gasteiger partial charge >= 0.3 is 0 Å². The van der Waals surface area contributed by atoms with E-state index in [4.69, 9.17) is 0 Å². The summed E-state index contributed by atoms with van der Waals surface area (Å²) in [5.41, 5.74) is 0.224. The Labute approximate surface area is 112 Å². The van der Waals surface area contributed by atoms with E-state index in [-0.39, 0.29) is 17.4 Å². The van der Waals surface area contributed by atoms with Crippen LogP contribution in [0.5, 0.6) is 0 Å². The van der Waals surface area contributed by atoms with Gasteiger partial charge in [-0.15, -0.1) is 0 Å². The molecule has 0 aromatic heterocycles. The van der Waals surface area contributed by atoms with E-state index in [0.29, 0.717) is 12.0 Å². The van der Waals surface area contributed by atoms with Crippen LogP contribution in [0.15, 0.2) is 0 Å².